The van der Waals surface area contributed by atoms with Gasteiger partial charge in [0, 0.05) is 15.8 Å². The molecule has 0 unspecified atom stereocenters. The Bertz CT molecular complexity index is 736. The fourth-order valence-electron chi connectivity index (χ4n) is 1.87. The number of benzene rings is 2. The standard InChI is InChI=1S/C15H10ClNOS/c16-13-11-8-4-5-9-12(11)19-14(13)15(18)17-10-6-2-1-3-7-10/h1-9H,(H,17,18). The van der Waals surface area contributed by atoms with Crippen LogP contribution in [0.3, 0.4) is 0 Å². The summed E-state index contributed by atoms with van der Waals surface area (Å²) in [4.78, 5) is 12.8. The largest absolute Gasteiger partial charge is 0.321 e. The number of anilines is 1. The zero-order valence-electron chi connectivity index (χ0n) is 9.89. The molecule has 1 N–H and O–H groups in total. The van der Waals surface area contributed by atoms with Crippen LogP contribution in [-0.4, -0.2) is 5.91 Å². The van der Waals surface area contributed by atoms with Gasteiger partial charge in [0.1, 0.15) is 4.88 Å². The minimum absolute atomic E-state index is 0.169. The van der Waals surface area contributed by atoms with Crippen molar-refractivity contribution in [3.05, 3.63) is 64.5 Å². The third-order valence-corrected chi connectivity index (χ3v) is 4.45. The van der Waals surface area contributed by atoms with Gasteiger partial charge in [0.2, 0.25) is 0 Å². The lowest BCUT2D eigenvalue weighted by Crippen LogP contribution is -2.10. The Morgan fingerprint density at radius 1 is 1.00 bits per heavy atom. The van der Waals surface area contributed by atoms with E-state index in [1.165, 1.54) is 11.3 Å². The zero-order chi connectivity index (χ0) is 13.2. The normalized spacial score (nSPS) is 10.6. The monoisotopic (exact) mass is 287 g/mol. The zero-order valence-corrected chi connectivity index (χ0v) is 11.5. The first-order chi connectivity index (χ1) is 9.25. The van der Waals surface area contributed by atoms with Crippen LogP contribution in [0.25, 0.3) is 10.1 Å². The summed E-state index contributed by atoms with van der Waals surface area (Å²) < 4.78 is 1.02. The van der Waals surface area contributed by atoms with Crippen LogP contribution in [0.1, 0.15) is 9.67 Å². The predicted molar refractivity (Wildman–Crippen MR) is 81.2 cm³/mol. The van der Waals surface area contributed by atoms with Crippen molar-refractivity contribution in [3.63, 3.8) is 0 Å². The first-order valence-corrected chi connectivity index (χ1v) is 6.98. The second-order valence-corrected chi connectivity index (χ2v) is 5.49. The lowest BCUT2D eigenvalue weighted by Gasteiger charge is -2.03. The molecule has 0 saturated carbocycles. The number of halogens is 1. The van der Waals surface area contributed by atoms with Crippen molar-refractivity contribution in [2.45, 2.75) is 0 Å². The molecule has 2 aromatic carbocycles. The molecule has 3 rings (SSSR count). The minimum atomic E-state index is -0.169. The first-order valence-electron chi connectivity index (χ1n) is 5.79. The van der Waals surface area contributed by atoms with E-state index in [1.54, 1.807) is 0 Å². The van der Waals surface area contributed by atoms with Gasteiger partial charge < -0.3 is 5.32 Å². The highest BCUT2D eigenvalue weighted by Crippen LogP contribution is 2.35. The van der Waals surface area contributed by atoms with Gasteiger partial charge >= 0.3 is 0 Å². The Morgan fingerprint density at radius 3 is 2.42 bits per heavy atom. The molecule has 94 valence electrons. The van der Waals surface area contributed by atoms with Gasteiger partial charge in [-0.1, -0.05) is 48.0 Å². The summed E-state index contributed by atoms with van der Waals surface area (Å²) in [7, 11) is 0. The average Bonchev–Trinajstić information content (AvgIpc) is 2.78. The quantitative estimate of drug-likeness (QED) is 0.720. The van der Waals surface area contributed by atoms with Crippen LogP contribution in [0.15, 0.2) is 54.6 Å². The SMILES string of the molecule is O=C(Nc1ccccc1)c1sc2ccccc2c1Cl. The summed E-state index contributed by atoms with van der Waals surface area (Å²) in [5.74, 6) is -0.169. The molecule has 0 saturated heterocycles. The van der Waals surface area contributed by atoms with E-state index in [9.17, 15) is 4.79 Å². The molecule has 1 heterocycles. The van der Waals surface area contributed by atoms with Gasteiger partial charge in [-0.05, 0) is 18.2 Å². The van der Waals surface area contributed by atoms with Crippen LogP contribution >= 0.6 is 22.9 Å². The Labute approximate surface area is 119 Å². The molecule has 1 aromatic heterocycles. The Morgan fingerprint density at radius 2 is 1.68 bits per heavy atom. The summed E-state index contributed by atoms with van der Waals surface area (Å²) >= 11 is 7.68. The van der Waals surface area contributed by atoms with E-state index in [2.05, 4.69) is 5.32 Å². The number of para-hydroxylation sites is 1. The molecule has 0 atom stereocenters. The molecule has 1 amide bonds. The molecule has 4 heteroatoms. The van der Waals surface area contributed by atoms with Crippen LogP contribution in [-0.2, 0) is 0 Å². The summed E-state index contributed by atoms with van der Waals surface area (Å²) in [6.07, 6.45) is 0. The number of hydrogen-bond donors (Lipinski definition) is 1. The second kappa shape index (κ2) is 5.03. The van der Waals surface area contributed by atoms with Gasteiger partial charge in [0.15, 0.2) is 0 Å². The summed E-state index contributed by atoms with van der Waals surface area (Å²) in [5, 5.41) is 4.29. The van der Waals surface area contributed by atoms with Gasteiger partial charge in [0.25, 0.3) is 5.91 Å². The lowest BCUT2D eigenvalue weighted by atomic mass is 10.2. The highest BCUT2D eigenvalue weighted by atomic mass is 35.5. The molecule has 0 bridgehead atoms. The maximum Gasteiger partial charge on any atom is 0.267 e. The van der Waals surface area contributed by atoms with E-state index in [0.717, 1.165) is 15.8 Å². The van der Waals surface area contributed by atoms with E-state index < -0.39 is 0 Å². The molecule has 0 fully saturated rings. The average molecular weight is 288 g/mol. The number of fused-ring (bicyclic) bond motifs is 1. The number of carbonyl (C=O) groups is 1. The smallest absolute Gasteiger partial charge is 0.267 e. The van der Waals surface area contributed by atoms with Crippen LogP contribution in [0.4, 0.5) is 5.69 Å². The fraction of sp³-hybridized carbons (Fsp3) is 0. The van der Waals surface area contributed by atoms with Crippen molar-refractivity contribution in [1.82, 2.24) is 0 Å². The number of carbonyl (C=O) groups excluding carboxylic acids is 1. The predicted octanol–water partition coefficient (Wildman–Crippen LogP) is 4.81. The molecule has 3 aromatic rings. The lowest BCUT2D eigenvalue weighted by molar-refractivity contribution is 0.103. The number of nitrogens with one attached hydrogen (secondary N) is 1. The van der Waals surface area contributed by atoms with Crippen molar-refractivity contribution in [2.24, 2.45) is 0 Å². The minimum Gasteiger partial charge on any atom is -0.321 e. The summed E-state index contributed by atoms with van der Waals surface area (Å²) in [6.45, 7) is 0. The van der Waals surface area contributed by atoms with E-state index in [0.29, 0.717) is 9.90 Å². The van der Waals surface area contributed by atoms with E-state index in [1.807, 2.05) is 54.6 Å². The maximum absolute atomic E-state index is 12.2. The number of rotatable bonds is 2. The molecule has 0 aliphatic heterocycles. The molecular formula is C15H10ClNOS. The van der Waals surface area contributed by atoms with Crippen LogP contribution in [0.5, 0.6) is 0 Å². The molecular weight excluding hydrogens is 278 g/mol. The van der Waals surface area contributed by atoms with Gasteiger partial charge in [0.05, 0.1) is 5.02 Å². The Hall–Kier alpha value is -1.84. The third kappa shape index (κ3) is 2.35. The van der Waals surface area contributed by atoms with Gasteiger partial charge in [-0.3, -0.25) is 4.79 Å². The molecule has 0 aliphatic carbocycles. The van der Waals surface area contributed by atoms with Crippen molar-refractivity contribution < 1.29 is 4.79 Å². The van der Waals surface area contributed by atoms with Crippen molar-refractivity contribution in [1.29, 1.82) is 0 Å². The Kier molecular flexibility index (Phi) is 3.23. The van der Waals surface area contributed by atoms with Crippen LogP contribution < -0.4 is 5.32 Å². The fourth-order valence-corrected chi connectivity index (χ4v) is 3.28. The van der Waals surface area contributed by atoms with E-state index in [4.69, 9.17) is 11.6 Å². The van der Waals surface area contributed by atoms with Gasteiger partial charge in [-0.2, -0.15) is 0 Å². The van der Waals surface area contributed by atoms with Crippen LogP contribution in [0.2, 0.25) is 5.02 Å². The van der Waals surface area contributed by atoms with Crippen molar-refractivity contribution in [3.8, 4) is 0 Å². The maximum atomic E-state index is 12.2. The number of thiophene rings is 1. The van der Waals surface area contributed by atoms with Crippen molar-refractivity contribution in [2.75, 3.05) is 5.32 Å². The Balaban J connectivity index is 1.96. The second-order valence-electron chi connectivity index (χ2n) is 4.06. The number of amides is 1. The molecule has 0 spiro atoms. The molecule has 0 radical (unpaired) electrons. The molecule has 2 nitrogen and oxygen atoms in total. The van der Waals surface area contributed by atoms with E-state index in [-0.39, 0.29) is 5.91 Å². The first kappa shape index (κ1) is 12.2. The molecule has 19 heavy (non-hydrogen) atoms. The summed E-state index contributed by atoms with van der Waals surface area (Å²) in [6, 6.07) is 17.1. The summed E-state index contributed by atoms with van der Waals surface area (Å²) in [5.41, 5.74) is 0.765. The molecule has 0 aliphatic rings. The van der Waals surface area contributed by atoms with Gasteiger partial charge in [-0.15, -0.1) is 11.3 Å². The van der Waals surface area contributed by atoms with Crippen LogP contribution in [0, 0.1) is 0 Å². The van der Waals surface area contributed by atoms with Crippen molar-refractivity contribution >= 4 is 44.6 Å². The topological polar surface area (TPSA) is 29.1 Å². The number of hydrogen-bond acceptors (Lipinski definition) is 2. The highest BCUT2D eigenvalue weighted by Gasteiger charge is 2.16. The van der Waals surface area contributed by atoms with E-state index >= 15 is 0 Å². The highest BCUT2D eigenvalue weighted by molar-refractivity contribution is 7.21. The third-order valence-electron chi connectivity index (χ3n) is 2.77. The van der Waals surface area contributed by atoms with Gasteiger partial charge in [-0.25, -0.2) is 0 Å².